The molecular formula is C13H22N2O3S. The zero-order valence-electron chi connectivity index (χ0n) is 11.5. The maximum absolute atomic E-state index is 12.6. The van der Waals surface area contributed by atoms with Crippen molar-refractivity contribution in [3.8, 4) is 0 Å². The summed E-state index contributed by atoms with van der Waals surface area (Å²) in [6, 6.07) is -0.766. The fraction of sp³-hybridized carbons (Fsp3) is 0.846. The van der Waals surface area contributed by atoms with Crippen molar-refractivity contribution in [1.82, 2.24) is 9.80 Å². The van der Waals surface area contributed by atoms with Crippen LogP contribution in [0.15, 0.2) is 0 Å². The minimum absolute atomic E-state index is 0.0457. The van der Waals surface area contributed by atoms with E-state index >= 15 is 0 Å². The maximum atomic E-state index is 12.6. The van der Waals surface area contributed by atoms with Crippen LogP contribution in [-0.4, -0.2) is 57.2 Å². The van der Waals surface area contributed by atoms with Crippen molar-refractivity contribution in [1.29, 1.82) is 0 Å². The van der Waals surface area contributed by atoms with Gasteiger partial charge in [-0.05, 0) is 25.7 Å². The number of carboxylic acids is 1. The zero-order chi connectivity index (χ0) is 14.0. The minimum Gasteiger partial charge on any atom is -0.480 e. The van der Waals surface area contributed by atoms with Gasteiger partial charge >= 0.3 is 12.0 Å². The summed E-state index contributed by atoms with van der Waals surface area (Å²) in [6.45, 7) is 5.59. The number of urea groups is 1. The lowest BCUT2D eigenvalue weighted by atomic mass is 9.96. The van der Waals surface area contributed by atoms with E-state index in [0.717, 1.165) is 25.9 Å². The molecule has 2 aliphatic rings. The number of carboxylic acid groups (broad SMARTS) is 1. The monoisotopic (exact) mass is 286 g/mol. The SMILES string of the molecule is CCC1CCCN(C(=O)N2C(C)SCC2C(=O)O)C1. The fourth-order valence-electron chi connectivity index (χ4n) is 2.86. The van der Waals surface area contributed by atoms with E-state index in [1.807, 2.05) is 11.8 Å². The molecular weight excluding hydrogens is 264 g/mol. The Hall–Kier alpha value is -0.910. The molecule has 2 saturated heterocycles. The Morgan fingerprint density at radius 2 is 2.16 bits per heavy atom. The summed E-state index contributed by atoms with van der Waals surface area (Å²) in [6.07, 6.45) is 3.28. The standard InChI is InChI=1S/C13H22N2O3S/c1-3-10-5-4-6-14(7-10)13(18)15-9(2)19-8-11(15)12(16)17/h9-11H,3-8H2,1-2H3,(H,16,17). The van der Waals surface area contributed by atoms with Crippen molar-refractivity contribution < 1.29 is 14.7 Å². The molecule has 0 aromatic rings. The van der Waals surface area contributed by atoms with Crippen LogP contribution in [0.1, 0.15) is 33.1 Å². The number of aliphatic carboxylic acids is 1. The third-order valence-corrected chi connectivity index (χ3v) is 5.31. The van der Waals surface area contributed by atoms with Crippen molar-refractivity contribution in [3.63, 3.8) is 0 Å². The molecule has 0 radical (unpaired) electrons. The van der Waals surface area contributed by atoms with Crippen molar-refractivity contribution >= 4 is 23.8 Å². The van der Waals surface area contributed by atoms with E-state index < -0.39 is 12.0 Å². The van der Waals surface area contributed by atoms with E-state index in [2.05, 4.69) is 6.92 Å². The summed E-state index contributed by atoms with van der Waals surface area (Å²) in [5.41, 5.74) is 0. The molecule has 0 saturated carbocycles. The zero-order valence-corrected chi connectivity index (χ0v) is 12.4. The summed E-state index contributed by atoms with van der Waals surface area (Å²) in [5.74, 6) is 0.161. The Labute approximate surface area is 118 Å². The molecule has 2 rings (SSSR count). The van der Waals surface area contributed by atoms with Gasteiger partial charge in [0, 0.05) is 18.8 Å². The number of piperidine rings is 1. The normalized spacial score (nSPS) is 31.6. The molecule has 3 atom stereocenters. The van der Waals surface area contributed by atoms with Gasteiger partial charge in [-0.25, -0.2) is 9.59 Å². The van der Waals surface area contributed by atoms with Gasteiger partial charge < -0.3 is 10.0 Å². The topological polar surface area (TPSA) is 60.9 Å². The molecule has 19 heavy (non-hydrogen) atoms. The van der Waals surface area contributed by atoms with Crippen LogP contribution in [0.4, 0.5) is 4.79 Å². The number of amides is 2. The Bertz CT molecular complexity index is 364. The largest absolute Gasteiger partial charge is 0.480 e. The highest BCUT2D eigenvalue weighted by atomic mass is 32.2. The van der Waals surface area contributed by atoms with Crippen LogP contribution in [0, 0.1) is 5.92 Å². The number of likely N-dealkylation sites (tertiary alicyclic amines) is 1. The van der Waals surface area contributed by atoms with Crippen LogP contribution in [-0.2, 0) is 4.79 Å². The first-order valence-electron chi connectivity index (χ1n) is 6.96. The molecule has 3 unspecified atom stereocenters. The molecule has 108 valence electrons. The molecule has 0 aromatic carbocycles. The summed E-state index contributed by atoms with van der Waals surface area (Å²) >= 11 is 1.54. The van der Waals surface area contributed by atoms with Crippen molar-refractivity contribution in [3.05, 3.63) is 0 Å². The summed E-state index contributed by atoms with van der Waals surface area (Å²) in [7, 11) is 0. The molecule has 0 bridgehead atoms. The molecule has 0 spiro atoms. The van der Waals surface area contributed by atoms with E-state index in [4.69, 9.17) is 0 Å². The molecule has 6 heteroatoms. The highest BCUT2D eigenvalue weighted by Gasteiger charge is 2.41. The second-order valence-electron chi connectivity index (χ2n) is 5.34. The van der Waals surface area contributed by atoms with E-state index in [0.29, 0.717) is 11.7 Å². The van der Waals surface area contributed by atoms with Crippen molar-refractivity contribution in [2.75, 3.05) is 18.8 Å². The van der Waals surface area contributed by atoms with E-state index in [-0.39, 0.29) is 11.4 Å². The average molecular weight is 286 g/mol. The van der Waals surface area contributed by atoms with Gasteiger partial charge in [-0.15, -0.1) is 11.8 Å². The third-order valence-electron chi connectivity index (χ3n) is 4.10. The number of rotatable bonds is 2. The van der Waals surface area contributed by atoms with Crippen molar-refractivity contribution in [2.45, 2.75) is 44.5 Å². The molecule has 2 aliphatic heterocycles. The number of hydrogen-bond acceptors (Lipinski definition) is 3. The highest BCUT2D eigenvalue weighted by Crippen LogP contribution is 2.31. The van der Waals surface area contributed by atoms with Crippen LogP contribution in [0.5, 0.6) is 0 Å². The van der Waals surface area contributed by atoms with Gasteiger partial charge in [0.2, 0.25) is 0 Å². The maximum Gasteiger partial charge on any atom is 0.327 e. The van der Waals surface area contributed by atoms with E-state index in [9.17, 15) is 14.7 Å². The third kappa shape index (κ3) is 2.99. The van der Waals surface area contributed by atoms with Crippen LogP contribution >= 0.6 is 11.8 Å². The molecule has 5 nitrogen and oxygen atoms in total. The van der Waals surface area contributed by atoms with Gasteiger partial charge in [-0.3, -0.25) is 4.90 Å². The molecule has 2 amide bonds. The second kappa shape index (κ2) is 6.03. The quantitative estimate of drug-likeness (QED) is 0.844. The number of thioether (sulfide) groups is 1. The molecule has 0 aromatic heterocycles. The minimum atomic E-state index is -0.894. The van der Waals surface area contributed by atoms with Gasteiger partial charge in [-0.2, -0.15) is 0 Å². The summed E-state index contributed by atoms with van der Waals surface area (Å²) in [4.78, 5) is 27.2. The number of carbonyl (C=O) groups excluding carboxylic acids is 1. The van der Waals surface area contributed by atoms with E-state index in [1.165, 1.54) is 18.2 Å². The van der Waals surface area contributed by atoms with Crippen molar-refractivity contribution in [2.24, 2.45) is 5.92 Å². The molecule has 0 aliphatic carbocycles. The first-order valence-corrected chi connectivity index (χ1v) is 8.01. The highest BCUT2D eigenvalue weighted by molar-refractivity contribution is 8.00. The lowest BCUT2D eigenvalue weighted by Gasteiger charge is -2.37. The Morgan fingerprint density at radius 3 is 2.79 bits per heavy atom. The lowest BCUT2D eigenvalue weighted by Crippen LogP contribution is -2.53. The molecule has 2 heterocycles. The first-order chi connectivity index (χ1) is 9.04. The Kier molecular flexibility index (Phi) is 4.60. The van der Waals surface area contributed by atoms with Crippen LogP contribution in [0.3, 0.4) is 0 Å². The number of nitrogens with zero attached hydrogens (tertiary/aromatic N) is 2. The van der Waals surface area contributed by atoms with Gasteiger partial charge in [0.25, 0.3) is 0 Å². The average Bonchev–Trinajstić information content (AvgIpc) is 2.80. The Balaban J connectivity index is 2.07. The van der Waals surface area contributed by atoms with Crippen LogP contribution < -0.4 is 0 Å². The lowest BCUT2D eigenvalue weighted by molar-refractivity contribution is -0.141. The predicted octanol–water partition coefficient (Wildman–Crippen LogP) is 2.08. The van der Waals surface area contributed by atoms with Gasteiger partial charge in [0.1, 0.15) is 6.04 Å². The van der Waals surface area contributed by atoms with Crippen LogP contribution in [0.2, 0.25) is 0 Å². The van der Waals surface area contributed by atoms with Gasteiger partial charge in [0.15, 0.2) is 0 Å². The fourth-order valence-corrected chi connectivity index (χ4v) is 4.02. The number of carbonyl (C=O) groups is 2. The number of hydrogen-bond donors (Lipinski definition) is 1. The molecule has 1 N–H and O–H groups in total. The summed E-state index contributed by atoms with van der Waals surface area (Å²) in [5, 5.41) is 9.18. The molecule has 2 fully saturated rings. The van der Waals surface area contributed by atoms with Gasteiger partial charge in [-0.1, -0.05) is 13.3 Å². The first kappa shape index (κ1) is 14.5. The van der Waals surface area contributed by atoms with E-state index in [1.54, 1.807) is 4.90 Å². The Morgan fingerprint density at radius 1 is 1.42 bits per heavy atom. The van der Waals surface area contributed by atoms with Gasteiger partial charge in [0.05, 0.1) is 5.37 Å². The summed E-state index contributed by atoms with van der Waals surface area (Å²) < 4.78 is 0. The van der Waals surface area contributed by atoms with Crippen LogP contribution in [0.25, 0.3) is 0 Å². The second-order valence-corrected chi connectivity index (χ2v) is 6.69. The predicted molar refractivity (Wildman–Crippen MR) is 75.2 cm³/mol. The smallest absolute Gasteiger partial charge is 0.327 e.